The van der Waals surface area contributed by atoms with Gasteiger partial charge in [0.05, 0.1) is 0 Å². The first-order chi connectivity index (χ1) is 19.1. The topological polar surface area (TPSA) is 47.0 Å². The molecule has 5 heteroatoms. The highest BCUT2D eigenvalue weighted by molar-refractivity contribution is 5.74. The maximum atomic E-state index is 12.5. The number of hydrogen-bond donors (Lipinski definition) is 1. The predicted octanol–water partition coefficient (Wildman–Crippen LogP) is 5.51. The fourth-order valence-electron chi connectivity index (χ4n) is 8.26. The van der Waals surface area contributed by atoms with Gasteiger partial charge in [-0.1, -0.05) is 73.9 Å². The second-order valence-electron chi connectivity index (χ2n) is 12.9. The van der Waals surface area contributed by atoms with Gasteiger partial charge in [-0.15, -0.1) is 0 Å². The summed E-state index contributed by atoms with van der Waals surface area (Å²) in [5.41, 5.74) is 4.45. The molecule has 3 aliphatic heterocycles. The summed E-state index contributed by atoms with van der Waals surface area (Å²) in [5, 5.41) is 10.3. The minimum atomic E-state index is -0.601. The highest BCUT2D eigenvalue weighted by Crippen LogP contribution is 2.38. The molecule has 4 aliphatic rings. The van der Waals surface area contributed by atoms with E-state index in [2.05, 4.69) is 69.3 Å². The molecule has 1 aliphatic carbocycles. The van der Waals surface area contributed by atoms with Crippen molar-refractivity contribution >= 4 is 5.97 Å². The van der Waals surface area contributed by atoms with Gasteiger partial charge in [-0.05, 0) is 79.6 Å². The van der Waals surface area contributed by atoms with E-state index in [4.69, 9.17) is 0 Å². The van der Waals surface area contributed by atoms with Gasteiger partial charge in [0.25, 0.3) is 0 Å². The van der Waals surface area contributed by atoms with Crippen LogP contribution >= 0.6 is 0 Å². The monoisotopic (exact) mass is 529 g/mol. The van der Waals surface area contributed by atoms with Crippen molar-refractivity contribution in [1.29, 1.82) is 0 Å². The van der Waals surface area contributed by atoms with Crippen LogP contribution in [-0.4, -0.2) is 77.6 Å². The van der Waals surface area contributed by atoms with Crippen molar-refractivity contribution in [2.75, 3.05) is 45.8 Å². The van der Waals surface area contributed by atoms with Crippen LogP contribution in [0.25, 0.3) is 0 Å². The second kappa shape index (κ2) is 12.5. The number of aliphatic carboxylic acids is 1. The fraction of sp³-hybridized carbons (Fsp3) is 0.618. The Kier molecular flexibility index (Phi) is 8.67. The number of carboxylic acid groups (broad SMARTS) is 1. The van der Waals surface area contributed by atoms with E-state index in [9.17, 15) is 9.90 Å². The molecular weight excluding hydrogens is 482 g/mol. The van der Waals surface area contributed by atoms with Crippen molar-refractivity contribution in [3.63, 3.8) is 0 Å². The molecule has 0 aromatic heterocycles. The van der Waals surface area contributed by atoms with Crippen molar-refractivity contribution in [1.82, 2.24) is 14.7 Å². The molecule has 2 aromatic carbocycles. The molecule has 5 nitrogen and oxygen atoms in total. The molecule has 0 spiro atoms. The van der Waals surface area contributed by atoms with Gasteiger partial charge in [0, 0.05) is 45.2 Å². The van der Waals surface area contributed by atoms with E-state index in [1.165, 1.54) is 81.4 Å². The van der Waals surface area contributed by atoms with Gasteiger partial charge in [0.15, 0.2) is 0 Å². The third-order valence-corrected chi connectivity index (χ3v) is 10.4. The number of hydrogen-bond acceptors (Lipinski definition) is 4. The predicted molar refractivity (Wildman–Crippen MR) is 157 cm³/mol. The highest BCUT2D eigenvalue weighted by Gasteiger charge is 2.43. The summed E-state index contributed by atoms with van der Waals surface area (Å²) in [4.78, 5) is 20.3. The van der Waals surface area contributed by atoms with Gasteiger partial charge < -0.3 is 10.0 Å². The number of carboxylic acids is 1. The first-order valence-electron chi connectivity index (χ1n) is 15.7. The van der Waals surface area contributed by atoms with E-state index >= 15 is 0 Å². The molecule has 3 heterocycles. The molecule has 3 atom stereocenters. The molecule has 2 aromatic rings. The maximum Gasteiger partial charge on any atom is 0.321 e. The van der Waals surface area contributed by atoms with Crippen LogP contribution in [0.4, 0.5) is 0 Å². The van der Waals surface area contributed by atoms with E-state index in [1.807, 2.05) is 0 Å². The Balaban J connectivity index is 1.07. The molecular formula is C34H47N3O2. The Morgan fingerprint density at radius 2 is 1.51 bits per heavy atom. The minimum absolute atomic E-state index is 0.309. The molecule has 0 bridgehead atoms. The SMILES string of the molecule is O=C(O)C(C1CCCCC1)N1CC(CN2CCC(CN3CCc4ccccc4C3)CC2)C(c2ccccc2)C1. The molecule has 1 saturated carbocycles. The van der Waals surface area contributed by atoms with Crippen LogP contribution in [-0.2, 0) is 17.8 Å². The van der Waals surface area contributed by atoms with E-state index < -0.39 is 5.97 Å². The molecule has 39 heavy (non-hydrogen) atoms. The molecule has 3 fully saturated rings. The number of benzene rings is 2. The van der Waals surface area contributed by atoms with Gasteiger partial charge in [0.2, 0.25) is 0 Å². The lowest BCUT2D eigenvalue weighted by molar-refractivity contribution is -0.145. The fourth-order valence-corrected chi connectivity index (χ4v) is 8.26. The van der Waals surface area contributed by atoms with Gasteiger partial charge >= 0.3 is 5.97 Å². The van der Waals surface area contributed by atoms with Crippen molar-refractivity contribution in [2.45, 2.75) is 69.9 Å². The lowest BCUT2D eigenvalue weighted by Crippen LogP contribution is -2.46. The quantitative estimate of drug-likeness (QED) is 0.489. The number of carbonyl (C=O) groups is 1. The zero-order valence-corrected chi connectivity index (χ0v) is 23.6. The van der Waals surface area contributed by atoms with Gasteiger partial charge in [-0.25, -0.2) is 0 Å². The van der Waals surface area contributed by atoms with Crippen molar-refractivity contribution in [3.05, 3.63) is 71.3 Å². The smallest absolute Gasteiger partial charge is 0.321 e. The molecule has 6 rings (SSSR count). The van der Waals surface area contributed by atoms with Crippen LogP contribution in [0.2, 0.25) is 0 Å². The van der Waals surface area contributed by atoms with Crippen LogP contribution in [0.5, 0.6) is 0 Å². The highest BCUT2D eigenvalue weighted by atomic mass is 16.4. The van der Waals surface area contributed by atoms with E-state index in [-0.39, 0.29) is 6.04 Å². The lowest BCUT2D eigenvalue weighted by atomic mass is 9.83. The Hall–Kier alpha value is -2.21. The third-order valence-electron chi connectivity index (χ3n) is 10.4. The Labute approximate surface area is 235 Å². The van der Waals surface area contributed by atoms with Crippen molar-refractivity contribution in [2.24, 2.45) is 17.8 Å². The summed E-state index contributed by atoms with van der Waals surface area (Å²) >= 11 is 0. The average molecular weight is 530 g/mol. The average Bonchev–Trinajstić information content (AvgIpc) is 3.38. The van der Waals surface area contributed by atoms with Crippen LogP contribution in [0.15, 0.2) is 54.6 Å². The van der Waals surface area contributed by atoms with Crippen LogP contribution < -0.4 is 0 Å². The molecule has 1 N–H and O–H groups in total. The summed E-state index contributed by atoms with van der Waals surface area (Å²) in [6.45, 7) is 8.79. The van der Waals surface area contributed by atoms with E-state index in [0.717, 1.165) is 44.9 Å². The number of likely N-dealkylation sites (tertiary alicyclic amines) is 2. The Morgan fingerprint density at radius 3 is 2.26 bits per heavy atom. The Morgan fingerprint density at radius 1 is 0.795 bits per heavy atom. The first kappa shape index (κ1) is 27.0. The summed E-state index contributed by atoms with van der Waals surface area (Å²) in [7, 11) is 0. The molecule has 210 valence electrons. The number of rotatable bonds is 8. The number of fused-ring (bicyclic) bond motifs is 1. The van der Waals surface area contributed by atoms with Crippen LogP contribution in [0.3, 0.4) is 0 Å². The van der Waals surface area contributed by atoms with Crippen LogP contribution in [0, 0.1) is 17.8 Å². The van der Waals surface area contributed by atoms with Gasteiger partial charge in [-0.3, -0.25) is 14.6 Å². The van der Waals surface area contributed by atoms with Crippen molar-refractivity contribution in [3.8, 4) is 0 Å². The zero-order chi connectivity index (χ0) is 26.6. The lowest BCUT2D eigenvalue weighted by Gasteiger charge is -2.38. The molecule has 0 radical (unpaired) electrons. The molecule has 3 unspecified atom stereocenters. The van der Waals surface area contributed by atoms with E-state index in [0.29, 0.717) is 17.8 Å². The standard InChI is InChI=1S/C34H47N3O2/c38-34(39)33(29-12-5-2-6-13-29)37-24-31(32(25-37)28-10-3-1-4-11-28)23-35-18-15-26(16-19-35)21-36-20-17-27-9-7-8-14-30(27)22-36/h1,3-4,7-11,14,26,29,31-33H,2,5-6,12-13,15-25H2,(H,38,39). The molecule has 2 saturated heterocycles. The summed E-state index contributed by atoms with van der Waals surface area (Å²) in [5.74, 6) is 1.41. The number of piperidine rings is 1. The van der Waals surface area contributed by atoms with Crippen molar-refractivity contribution < 1.29 is 9.90 Å². The summed E-state index contributed by atoms with van der Waals surface area (Å²) < 4.78 is 0. The molecule has 0 amide bonds. The van der Waals surface area contributed by atoms with Crippen LogP contribution in [0.1, 0.15) is 67.6 Å². The maximum absolute atomic E-state index is 12.5. The Bertz CT molecular complexity index is 1080. The van der Waals surface area contributed by atoms with Gasteiger partial charge in [-0.2, -0.15) is 0 Å². The third kappa shape index (κ3) is 6.42. The zero-order valence-electron chi connectivity index (χ0n) is 23.6. The largest absolute Gasteiger partial charge is 0.480 e. The minimum Gasteiger partial charge on any atom is -0.480 e. The summed E-state index contributed by atoms with van der Waals surface area (Å²) in [6.07, 6.45) is 9.54. The summed E-state index contributed by atoms with van der Waals surface area (Å²) in [6, 6.07) is 19.6. The second-order valence-corrected chi connectivity index (χ2v) is 12.9. The number of nitrogens with zero attached hydrogens (tertiary/aromatic N) is 3. The normalized spacial score (nSPS) is 26.9. The van der Waals surface area contributed by atoms with Gasteiger partial charge in [0.1, 0.15) is 6.04 Å². The van der Waals surface area contributed by atoms with E-state index in [1.54, 1.807) is 0 Å². The first-order valence-corrected chi connectivity index (χ1v) is 15.7.